The molecule has 1 aromatic heterocycles. The summed E-state index contributed by atoms with van der Waals surface area (Å²) in [5, 5.41) is 14.6. The van der Waals surface area contributed by atoms with Gasteiger partial charge in [0.25, 0.3) is 0 Å². The van der Waals surface area contributed by atoms with Crippen molar-refractivity contribution in [1.29, 1.82) is 5.26 Å². The van der Waals surface area contributed by atoms with Crippen LogP contribution < -0.4 is 5.32 Å². The number of ether oxygens (including phenoxy) is 1. The van der Waals surface area contributed by atoms with Crippen molar-refractivity contribution in [3.63, 3.8) is 0 Å². The number of aromatic nitrogens is 2. The summed E-state index contributed by atoms with van der Waals surface area (Å²) < 4.78 is 83.9. The predicted octanol–water partition coefficient (Wildman–Crippen LogP) is 6.13. The molecule has 164 valence electrons. The summed E-state index contributed by atoms with van der Waals surface area (Å²) in [6.07, 6.45) is -4.75. The first-order chi connectivity index (χ1) is 13.9. The predicted molar refractivity (Wildman–Crippen MR) is 100 cm³/mol. The second kappa shape index (κ2) is 9.55. The lowest BCUT2D eigenvalue weighted by atomic mass is 10.2. The summed E-state index contributed by atoms with van der Waals surface area (Å²) in [7, 11) is 0. The summed E-state index contributed by atoms with van der Waals surface area (Å²) in [6, 6.07) is 2.67. The first-order valence-corrected chi connectivity index (χ1v) is 9.63. The van der Waals surface area contributed by atoms with Crippen LogP contribution in [0.5, 0.6) is 0 Å². The zero-order chi connectivity index (χ0) is 22.7. The molecule has 0 aliphatic carbocycles. The quantitative estimate of drug-likeness (QED) is 0.286. The Morgan fingerprint density at radius 2 is 1.80 bits per heavy atom. The summed E-state index contributed by atoms with van der Waals surface area (Å²) in [6.45, 7) is 2.19. The van der Waals surface area contributed by atoms with E-state index < -0.39 is 49.6 Å². The van der Waals surface area contributed by atoms with Gasteiger partial charge in [-0.2, -0.15) is 36.7 Å². The number of hydrogen-bond donors (Lipinski definition) is 1. The maximum atomic E-state index is 13.0. The van der Waals surface area contributed by atoms with Gasteiger partial charge in [0.15, 0.2) is 5.69 Å². The van der Waals surface area contributed by atoms with Crippen LogP contribution in [0, 0.1) is 11.3 Å². The van der Waals surface area contributed by atoms with E-state index in [1.54, 1.807) is 6.92 Å². The normalized spacial score (nSPS) is 12.1. The number of thioether (sulfide) groups is 1. The van der Waals surface area contributed by atoms with E-state index >= 15 is 0 Å². The number of nitriles is 1. The molecule has 0 fully saturated rings. The molecule has 0 unspecified atom stereocenters. The average Bonchev–Trinajstić information content (AvgIpc) is 2.93. The average molecular weight is 493 g/mol. The molecule has 5 nitrogen and oxygen atoms in total. The summed E-state index contributed by atoms with van der Waals surface area (Å²) in [5.41, 5.74) is -6.83. The molecule has 1 N–H and O–H groups in total. The molecular formula is C16H12Cl2F6N4OS. The van der Waals surface area contributed by atoms with E-state index in [0.29, 0.717) is 18.7 Å². The molecule has 0 saturated heterocycles. The first-order valence-electron chi connectivity index (χ1n) is 8.06. The minimum absolute atomic E-state index is 0.0195. The topological polar surface area (TPSA) is 62.9 Å². The van der Waals surface area contributed by atoms with Crippen LogP contribution in [0.25, 0.3) is 5.69 Å². The molecule has 2 aromatic rings. The van der Waals surface area contributed by atoms with Crippen LogP contribution in [-0.4, -0.2) is 35.0 Å². The van der Waals surface area contributed by atoms with Gasteiger partial charge in [-0.3, -0.25) is 0 Å². The number of alkyl halides is 6. The van der Waals surface area contributed by atoms with Gasteiger partial charge in [-0.05, 0) is 30.8 Å². The van der Waals surface area contributed by atoms with Gasteiger partial charge < -0.3 is 10.1 Å². The molecule has 0 saturated carbocycles. The van der Waals surface area contributed by atoms with Gasteiger partial charge in [-0.15, -0.1) is 0 Å². The lowest BCUT2D eigenvalue weighted by Crippen LogP contribution is -2.14. The van der Waals surface area contributed by atoms with Gasteiger partial charge in [-0.25, -0.2) is 4.68 Å². The number of anilines is 1. The van der Waals surface area contributed by atoms with Crippen molar-refractivity contribution >= 4 is 40.8 Å². The van der Waals surface area contributed by atoms with Crippen molar-refractivity contribution in [3.8, 4) is 11.8 Å². The molecule has 0 aliphatic rings. The van der Waals surface area contributed by atoms with Gasteiger partial charge >= 0.3 is 11.7 Å². The maximum absolute atomic E-state index is 13.0. The highest BCUT2D eigenvalue weighted by Gasteiger charge is 2.36. The minimum atomic E-state index is -4.76. The summed E-state index contributed by atoms with van der Waals surface area (Å²) in [5.74, 6) is -0.308. The smallest absolute Gasteiger partial charge is 0.380 e. The van der Waals surface area contributed by atoms with E-state index in [1.165, 1.54) is 6.07 Å². The van der Waals surface area contributed by atoms with Gasteiger partial charge in [0.05, 0.1) is 27.1 Å². The Balaban J connectivity index is 2.65. The van der Waals surface area contributed by atoms with Crippen molar-refractivity contribution in [2.45, 2.75) is 23.5 Å². The van der Waals surface area contributed by atoms with Crippen LogP contribution in [-0.2, 0) is 10.9 Å². The van der Waals surface area contributed by atoms with Gasteiger partial charge in [-0.1, -0.05) is 23.2 Å². The summed E-state index contributed by atoms with van der Waals surface area (Å²) in [4.78, 5) is -0.575. The third-order valence-corrected chi connectivity index (χ3v) is 4.86. The Morgan fingerprint density at radius 3 is 2.27 bits per heavy atom. The number of rotatable bonds is 7. The zero-order valence-corrected chi connectivity index (χ0v) is 17.3. The van der Waals surface area contributed by atoms with E-state index in [9.17, 15) is 31.6 Å². The highest BCUT2D eigenvalue weighted by atomic mass is 35.5. The largest absolute Gasteiger partial charge is 0.446 e. The van der Waals surface area contributed by atoms with E-state index in [2.05, 4.69) is 10.4 Å². The zero-order valence-electron chi connectivity index (χ0n) is 15.0. The Labute approximate surface area is 180 Å². The Morgan fingerprint density at radius 1 is 1.20 bits per heavy atom. The highest BCUT2D eigenvalue weighted by Crippen LogP contribution is 2.45. The van der Waals surface area contributed by atoms with Gasteiger partial charge in [0.2, 0.25) is 0 Å². The molecule has 2 rings (SSSR count). The standard InChI is InChI=1S/C16H12Cl2F6N4OS/c1-2-29-4-3-26-14-13(30-16(22,23)24)11(7-25)27-28(14)12-9(17)5-8(6-10(12)18)15(19,20)21/h5-6,26H,2-4H2,1H3. The van der Waals surface area contributed by atoms with Crippen molar-refractivity contribution in [3.05, 3.63) is 33.4 Å². The fraction of sp³-hybridized carbons (Fsp3) is 0.375. The van der Waals surface area contributed by atoms with Gasteiger partial charge in [0, 0.05) is 13.2 Å². The monoisotopic (exact) mass is 492 g/mol. The fourth-order valence-corrected chi connectivity index (χ4v) is 3.64. The SMILES string of the molecule is CCOCCNc1c(SC(F)(F)F)c(C#N)nn1-c1c(Cl)cc(C(F)(F)F)cc1Cl. The van der Waals surface area contributed by atoms with Crippen LogP contribution in [0.4, 0.5) is 32.2 Å². The van der Waals surface area contributed by atoms with Crippen molar-refractivity contribution in [1.82, 2.24) is 9.78 Å². The molecule has 30 heavy (non-hydrogen) atoms. The number of hydrogen-bond acceptors (Lipinski definition) is 5. The molecule has 0 spiro atoms. The second-order valence-corrected chi connectivity index (χ2v) is 7.40. The Bertz CT molecular complexity index is 932. The Kier molecular flexibility index (Phi) is 7.79. The van der Waals surface area contributed by atoms with E-state index in [0.717, 1.165) is 4.68 Å². The van der Waals surface area contributed by atoms with Crippen molar-refractivity contribution < 1.29 is 31.1 Å². The molecule has 0 bridgehead atoms. The number of nitrogens with one attached hydrogen (secondary N) is 1. The number of benzene rings is 1. The molecule has 0 aliphatic heterocycles. The van der Waals surface area contributed by atoms with E-state index in [1.807, 2.05) is 0 Å². The summed E-state index contributed by atoms with van der Waals surface area (Å²) >= 11 is 11.3. The molecule has 14 heteroatoms. The van der Waals surface area contributed by atoms with Crippen LogP contribution in [0.3, 0.4) is 0 Å². The third kappa shape index (κ3) is 5.87. The van der Waals surface area contributed by atoms with E-state index in [-0.39, 0.29) is 24.7 Å². The molecular weight excluding hydrogens is 481 g/mol. The number of halogens is 8. The maximum Gasteiger partial charge on any atom is 0.446 e. The molecule has 0 atom stereocenters. The van der Waals surface area contributed by atoms with Crippen LogP contribution >= 0.6 is 35.0 Å². The lowest BCUT2D eigenvalue weighted by Gasteiger charge is -2.16. The molecule has 1 aromatic carbocycles. The Hall–Kier alpha value is -1.81. The molecule has 0 amide bonds. The number of nitrogens with zero attached hydrogens (tertiary/aromatic N) is 3. The lowest BCUT2D eigenvalue weighted by molar-refractivity contribution is -0.137. The molecule has 0 radical (unpaired) electrons. The third-order valence-electron chi connectivity index (χ3n) is 3.46. The first kappa shape index (κ1) is 24.5. The molecule has 1 heterocycles. The van der Waals surface area contributed by atoms with Crippen molar-refractivity contribution in [2.75, 3.05) is 25.1 Å². The van der Waals surface area contributed by atoms with E-state index in [4.69, 9.17) is 27.9 Å². The van der Waals surface area contributed by atoms with Crippen LogP contribution in [0.1, 0.15) is 18.2 Å². The van der Waals surface area contributed by atoms with Gasteiger partial charge in [0.1, 0.15) is 17.6 Å². The van der Waals surface area contributed by atoms with Crippen LogP contribution in [0.15, 0.2) is 17.0 Å². The minimum Gasteiger partial charge on any atom is -0.380 e. The highest BCUT2D eigenvalue weighted by molar-refractivity contribution is 8.00. The second-order valence-electron chi connectivity index (χ2n) is 5.51. The fourth-order valence-electron chi connectivity index (χ4n) is 2.32. The van der Waals surface area contributed by atoms with Crippen LogP contribution in [0.2, 0.25) is 10.0 Å². The van der Waals surface area contributed by atoms with Crippen molar-refractivity contribution in [2.24, 2.45) is 0 Å².